The summed E-state index contributed by atoms with van der Waals surface area (Å²) in [5.41, 5.74) is 3.66. The monoisotopic (exact) mass is 475 g/mol. The summed E-state index contributed by atoms with van der Waals surface area (Å²) in [6.45, 7) is 4.85. The van der Waals surface area contributed by atoms with Gasteiger partial charge in [0.1, 0.15) is 0 Å². The quantitative estimate of drug-likeness (QED) is 0.628. The molecule has 2 aromatic rings. The van der Waals surface area contributed by atoms with Gasteiger partial charge in [-0.15, -0.1) is 0 Å². The standard InChI is InChI=1S/C23H26ClN3O4S/c1-23(2)12-20(16-10-13(4-6-18(16)24)15-8-9-25-22(15)29)26-19-7-5-14(11-17(19)23)21(28)27-32(3,30)31/h4-7,10-11,15,20,26H,8-9,12H2,1-3H3,(H,25,29)(H,27,28). The molecule has 32 heavy (non-hydrogen) atoms. The fraction of sp³-hybridized carbons (Fsp3) is 0.391. The molecule has 0 saturated carbocycles. The number of sulfonamides is 1. The molecule has 1 fully saturated rings. The first-order valence-corrected chi connectivity index (χ1v) is 12.7. The number of nitrogens with one attached hydrogen (secondary N) is 3. The van der Waals surface area contributed by atoms with Gasteiger partial charge in [-0.05, 0) is 59.2 Å². The maximum Gasteiger partial charge on any atom is 0.264 e. The van der Waals surface area contributed by atoms with Crippen LogP contribution < -0.4 is 15.4 Å². The van der Waals surface area contributed by atoms with Crippen molar-refractivity contribution in [3.05, 3.63) is 63.7 Å². The van der Waals surface area contributed by atoms with Crippen molar-refractivity contribution in [1.29, 1.82) is 0 Å². The lowest BCUT2D eigenvalue weighted by Gasteiger charge is -2.39. The van der Waals surface area contributed by atoms with E-state index in [4.69, 9.17) is 11.6 Å². The van der Waals surface area contributed by atoms with Crippen LogP contribution in [0.25, 0.3) is 0 Å². The third-order valence-corrected chi connectivity index (χ3v) is 7.08. The fourth-order valence-electron chi connectivity index (χ4n) is 4.60. The molecule has 0 bridgehead atoms. The lowest BCUT2D eigenvalue weighted by molar-refractivity contribution is -0.120. The van der Waals surface area contributed by atoms with Gasteiger partial charge in [0.25, 0.3) is 5.91 Å². The van der Waals surface area contributed by atoms with Crippen molar-refractivity contribution < 1.29 is 18.0 Å². The number of rotatable bonds is 4. The highest BCUT2D eigenvalue weighted by Gasteiger charge is 2.35. The van der Waals surface area contributed by atoms with E-state index in [0.717, 1.165) is 35.1 Å². The van der Waals surface area contributed by atoms with Crippen molar-refractivity contribution in [2.75, 3.05) is 18.1 Å². The van der Waals surface area contributed by atoms with Gasteiger partial charge >= 0.3 is 0 Å². The minimum absolute atomic E-state index is 0.0421. The molecule has 7 nitrogen and oxygen atoms in total. The van der Waals surface area contributed by atoms with Gasteiger partial charge in [0.15, 0.2) is 0 Å². The number of carbonyl (C=O) groups excluding carboxylic acids is 2. The van der Waals surface area contributed by atoms with E-state index in [-0.39, 0.29) is 28.8 Å². The smallest absolute Gasteiger partial charge is 0.264 e. The second kappa shape index (κ2) is 8.08. The molecule has 2 aliphatic rings. The van der Waals surface area contributed by atoms with E-state index in [9.17, 15) is 18.0 Å². The van der Waals surface area contributed by atoms with Crippen LogP contribution in [-0.4, -0.2) is 33.0 Å². The summed E-state index contributed by atoms with van der Waals surface area (Å²) in [5, 5.41) is 7.03. The summed E-state index contributed by atoms with van der Waals surface area (Å²) in [6, 6.07) is 10.8. The van der Waals surface area contributed by atoms with E-state index in [1.807, 2.05) is 22.9 Å². The molecule has 2 aliphatic heterocycles. The number of amides is 2. The zero-order valence-electron chi connectivity index (χ0n) is 18.2. The summed E-state index contributed by atoms with van der Waals surface area (Å²) in [6.07, 6.45) is 2.42. The van der Waals surface area contributed by atoms with Crippen LogP contribution in [0.3, 0.4) is 0 Å². The van der Waals surface area contributed by atoms with Crippen molar-refractivity contribution >= 4 is 39.1 Å². The molecule has 3 N–H and O–H groups in total. The Hall–Kier alpha value is -2.58. The van der Waals surface area contributed by atoms with E-state index in [1.54, 1.807) is 18.2 Å². The first-order valence-electron chi connectivity index (χ1n) is 10.4. The number of halogens is 1. The van der Waals surface area contributed by atoms with E-state index in [1.165, 1.54) is 0 Å². The SMILES string of the molecule is CC1(C)CC(c2cc(C3CCNC3=O)ccc2Cl)Nc2ccc(C(=O)NS(C)(=O)=O)cc21. The Balaban J connectivity index is 1.66. The molecule has 0 aliphatic carbocycles. The molecule has 170 valence electrons. The highest BCUT2D eigenvalue weighted by atomic mass is 35.5. The Morgan fingerprint density at radius 2 is 1.94 bits per heavy atom. The molecule has 0 radical (unpaired) electrons. The topological polar surface area (TPSA) is 104 Å². The largest absolute Gasteiger partial charge is 0.378 e. The summed E-state index contributed by atoms with van der Waals surface area (Å²) < 4.78 is 24.9. The normalized spacial score (nSPS) is 21.9. The second-order valence-electron chi connectivity index (χ2n) is 9.16. The third-order valence-electron chi connectivity index (χ3n) is 6.18. The van der Waals surface area contributed by atoms with Gasteiger partial charge in [0, 0.05) is 22.8 Å². The lowest BCUT2D eigenvalue weighted by Crippen LogP contribution is -2.33. The molecule has 0 spiro atoms. The predicted molar refractivity (Wildman–Crippen MR) is 125 cm³/mol. The Bertz CT molecular complexity index is 1210. The number of carbonyl (C=O) groups is 2. The van der Waals surface area contributed by atoms with Crippen LogP contribution in [0.5, 0.6) is 0 Å². The highest BCUT2D eigenvalue weighted by Crippen LogP contribution is 2.46. The van der Waals surface area contributed by atoms with Crippen LogP contribution in [0.15, 0.2) is 36.4 Å². The van der Waals surface area contributed by atoms with E-state index < -0.39 is 15.9 Å². The maximum absolute atomic E-state index is 12.3. The molecular formula is C23H26ClN3O4S. The van der Waals surface area contributed by atoms with E-state index >= 15 is 0 Å². The number of benzene rings is 2. The van der Waals surface area contributed by atoms with Crippen LogP contribution in [0.4, 0.5) is 5.69 Å². The van der Waals surface area contributed by atoms with Gasteiger partial charge in [-0.25, -0.2) is 13.1 Å². The van der Waals surface area contributed by atoms with Crippen molar-refractivity contribution in [3.63, 3.8) is 0 Å². The third kappa shape index (κ3) is 4.47. The van der Waals surface area contributed by atoms with Gasteiger partial charge in [-0.1, -0.05) is 37.6 Å². The predicted octanol–water partition coefficient (Wildman–Crippen LogP) is 3.47. The van der Waals surface area contributed by atoms with Crippen LogP contribution >= 0.6 is 11.6 Å². The van der Waals surface area contributed by atoms with Crippen molar-refractivity contribution in [3.8, 4) is 0 Å². The van der Waals surface area contributed by atoms with Gasteiger partial charge < -0.3 is 10.6 Å². The van der Waals surface area contributed by atoms with E-state index in [2.05, 4.69) is 24.5 Å². The van der Waals surface area contributed by atoms with Crippen molar-refractivity contribution in [2.24, 2.45) is 0 Å². The first-order chi connectivity index (χ1) is 14.9. The molecule has 0 aromatic heterocycles. The molecule has 2 unspecified atom stereocenters. The second-order valence-corrected chi connectivity index (χ2v) is 11.3. The molecule has 1 saturated heterocycles. The lowest BCUT2D eigenvalue weighted by atomic mass is 9.73. The van der Waals surface area contributed by atoms with Crippen LogP contribution in [0.1, 0.15) is 65.7 Å². The van der Waals surface area contributed by atoms with Crippen LogP contribution in [-0.2, 0) is 20.2 Å². The summed E-state index contributed by atoms with van der Waals surface area (Å²) in [5.74, 6) is -0.773. The summed E-state index contributed by atoms with van der Waals surface area (Å²) in [7, 11) is -3.64. The van der Waals surface area contributed by atoms with E-state index in [0.29, 0.717) is 18.0 Å². The molecule has 4 rings (SSSR count). The maximum atomic E-state index is 12.3. The van der Waals surface area contributed by atoms with Crippen molar-refractivity contribution in [2.45, 2.75) is 44.1 Å². The van der Waals surface area contributed by atoms with Crippen LogP contribution in [0.2, 0.25) is 5.02 Å². The Morgan fingerprint density at radius 1 is 1.19 bits per heavy atom. The zero-order valence-corrected chi connectivity index (χ0v) is 19.7. The van der Waals surface area contributed by atoms with Gasteiger partial charge in [0.2, 0.25) is 15.9 Å². The molecular weight excluding hydrogens is 450 g/mol. The Kier molecular flexibility index (Phi) is 5.71. The number of fused-ring (bicyclic) bond motifs is 1. The number of anilines is 1. The molecule has 9 heteroatoms. The molecule has 2 amide bonds. The van der Waals surface area contributed by atoms with Crippen molar-refractivity contribution in [1.82, 2.24) is 10.0 Å². The molecule has 2 aromatic carbocycles. The van der Waals surface area contributed by atoms with Crippen LogP contribution in [0, 0.1) is 0 Å². The Morgan fingerprint density at radius 3 is 2.59 bits per heavy atom. The highest BCUT2D eigenvalue weighted by molar-refractivity contribution is 7.89. The number of hydrogen-bond acceptors (Lipinski definition) is 5. The zero-order chi connectivity index (χ0) is 23.3. The van der Waals surface area contributed by atoms with Gasteiger partial charge in [-0.2, -0.15) is 0 Å². The van der Waals surface area contributed by atoms with Gasteiger partial charge in [-0.3, -0.25) is 9.59 Å². The first kappa shape index (κ1) is 22.6. The molecule has 2 atom stereocenters. The Labute approximate surface area is 193 Å². The average molecular weight is 476 g/mol. The fourth-order valence-corrected chi connectivity index (χ4v) is 5.31. The molecule has 2 heterocycles. The van der Waals surface area contributed by atoms with Gasteiger partial charge in [0.05, 0.1) is 18.2 Å². The average Bonchev–Trinajstić information content (AvgIpc) is 3.12. The minimum Gasteiger partial charge on any atom is -0.378 e. The summed E-state index contributed by atoms with van der Waals surface area (Å²) >= 11 is 6.57. The number of hydrogen-bond donors (Lipinski definition) is 3. The summed E-state index contributed by atoms with van der Waals surface area (Å²) in [4.78, 5) is 24.5. The minimum atomic E-state index is -3.64.